The molecule has 21 N–H and O–H groups in total. The molecule has 838 valence electrons. The van der Waals surface area contributed by atoms with Crippen LogP contribution in [-0.4, -0.2) is 240 Å². The molecular weight excluding hydrogens is 2100 g/mol. The number of H-pyrrole nitrogens is 1. The second-order valence-corrected chi connectivity index (χ2v) is 60.5. The van der Waals surface area contributed by atoms with E-state index >= 15 is 0 Å². The number of carbonyl (C=O) groups is 6. The summed E-state index contributed by atoms with van der Waals surface area (Å²) in [6, 6.07) is 0.686. The minimum absolute atomic E-state index is 0.000266. The highest BCUT2D eigenvalue weighted by atomic mass is 36.0. The lowest BCUT2D eigenvalue weighted by molar-refractivity contribution is -0.167. The van der Waals surface area contributed by atoms with Gasteiger partial charge in [-0.25, -0.2) is 24.5 Å². The van der Waals surface area contributed by atoms with Crippen molar-refractivity contribution in [2.45, 2.75) is 318 Å². The first-order valence-corrected chi connectivity index (χ1v) is 61.3. The maximum absolute atomic E-state index is 11.4. The highest BCUT2D eigenvalue weighted by Gasteiger charge is 2.50. The predicted octanol–water partition coefficient (Wildman–Crippen LogP) is 18.5. The van der Waals surface area contributed by atoms with Crippen molar-refractivity contribution < 1.29 is 98.9 Å². The fourth-order valence-electron chi connectivity index (χ4n) is 10.8. The number of guanidine groups is 1. The van der Waals surface area contributed by atoms with Gasteiger partial charge in [0.25, 0.3) is 17.5 Å². The monoisotopic (exact) mass is 2270 g/mol. The number of aromatic nitrogens is 10. The molecule has 54 heteroatoms. The number of aromatic amines is 1. The summed E-state index contributed by atoms with van der Waals surface area (Å²) in [5, 5.41) is 19.8. The van der Waals surface area contributed by atoms with Crippen molar-refractivity contribution in [3.05, 3.63) is 67.1 Å². The van der Waals surface area contributed by atoms with Crippen LogP contribution in [0.3, 0.4) is 0 Å². The lowest BCUT2D eigenvalue weighted by atomic mass is 9.90. The average Bonchev–Trinajstić information content (AvgIpc) is 1.66. The van der Waals surface area contributed by atoms with E-state index in [4.69, 9.17) is 121 Å². The number of anilines is 7. The van der Waals surface area contributed by atoms with E-state index in [0.29, 0.717) is 83.1 Å². The van der Waals surface area contributed by atoms with Crippen LogP contribution in [0.15, 0.2) is 29.0 Å². The number of methoxy groups -OCH3 is 8. The van der Waals surface area contributed by atoms with Gasteiger partial charge in [-0.05, 0) is 212 Å². The molecule has 0 unspecified atom stereocenters. The molecule has 0 radical (unpaired) electrons. The zero-order valence-corrected chi connectivity index (χ0v) is 101. The van der Waals surface area contributed by atoms with Crippen molar-refractivity contribution in [3.63, 3.8) is 0 Å². The number of ether oxygens (including phenoxy) is 8. The Morgan fingerprint density at radius 2 is 0.837 bits per heavy atom. The number of esters is 2. The molecule has 0 aromatic carbocycles. The lowest BCUT2D eigenvalue weighted by Crippen LogP contribution is -2.41. The largest absolute Gasteiger partial charge is 0.491 e. The number of hydrogen-bond donors (Lipinski definition) is 13. The molecule has 0 bridgehead atoms. The number of rotatable bonds is 42. The number of halogens is 6. The summed E-state index contributed by atoms with van der Waals surface area (Å²) < 4.78 is 78.1. The molecule has 6 rings (SSSR count). The molecule has 0 amide bonds. The Bertz CT molecular complexity index is 4990. The summed E-state index contributed by atoms with van der Waals surface area (Å²) in [5.74, 6) is 1.92. The van der Waals surface area contributed by atoms with Crippen molar-refractivity contribution in [2.75, 3.05) is 116 Å². The fraction of sp³-hybridized carbons (Fsp3) is 0.645. The Hall–Kier alpha value is -8.88. The van der Waals surface area contributed by atoms with Crippen molar-refractivity contribution in [3.8, 4) is 34.6 Å². The highest BCUT2D eigenvalue weighted by molar-refractivity contribution is 8.24. The molecule has 6 heterocycles. The highest BCUT2D eigenvalue weighted by Crippen LogP contribution is 2.61. The Kier molecular flexibility index (Phi) is 69.8. The molecular formula is C93H167BCl6N21O22PSi3. The molecule has 1 saturated heterocycles. The second kappa shape index (κ2) is 71.0. The number of nitrogens with zero attached hydrogens (tertiary/aromatic N) is 9. The van der Waals surface area contributed by atoms with E-state index in [0.717, 1.165) is 85.0 Å². The van der Waals surface area contributed by atoms with E-state index in [-0.39, 0.29) is 119 Å². The van der Waals surface area contributed by atoms with E-state index in [9.17, 15) is 38.1 Å². The Morgan fingerprint density at radius 1 is 0.510 bits per heavy atom. The number of unbranched alkanes of at least 4 members (excludes halogenated alkanes) is 3. The molecule has 3 atom stereocenters. The van der Waals surface area contributed by atoms with Crippen LogP contribution in [0.4, 0.5) is 41.4 Å². The van der Waals surface area contributed by atoms with Gasteiger partial charge in [0, 0.05) is 57.9 Å². The van der Waals surface area contributed by atoms with Crippen LogP contribution in [0.2, 0.25) is 69.9 Å². The van der Waals surface area contributed by atoms with Crippen LogP contribution in [0, 0.1) is 5.41 Å². The normalized spacial score (nSPS) is 13.2. The summed E-state index contributed by atoms with van der Waals surface area (Å²) in [7, 11) is 5.27. The van der Waals surface area contributed by atoms with Gasteiger partial charge < -0.3 is 127 Å². The average molecular weight is 2270 g/mol. The number of nitrogen functional groups attached to an aromatic ring is 5. The number of nitrogens with one attached hydrogen (secondary N) is 4. The second-order valence-electron chi connectivity index (χ2n) is 38.3. The van der Waals surface area contributed by atoms with Gasteiger partial charge >= 0.3 is 24.3 Å². The van der Waals surface area contributed by atoms with Gasteiger partial charge in [-0.15, -0.1) is 0 Å². The Balaban J connectivity index is -0.000000808. The molecule has 1 aliphatic rings. The number of carbonyl (C=O) groups excluding carboxylic acids is 6. The standard InChI is InChI=1S/C22H42N4O3Si.C22H40N4O3Si.C13H31NOSi.C10H17BO3.C9H10ClN3O2.C6H10O5.C5H5Cl2N3O.C5H7N3O3.CH5N3.Cl3OP/c2*1-9-10-11-17(14-15-29-30(7,8)22(3,4)5)24-20-19(28-6)18(13-12-16(2)27)25-21(23)26-20;1-7-8-9-12(14)10-11-15-16(5,6)13(2,3)4;1-8(12)6-7-11-13-9(2,3)10(4,5)14-11;1-5(14)3-4-6-7(15-2)8(10)13-9(11)12-6;1-9-4(5(7)10-2)6(8)11-3;1-11-2-3(6)9-5(8)10-4(2)7;1-11-2-3(9)7-5(6)8-4(2)10;2-1(3)4;1-5(2,3)4/h17H,9-15H2,1-8H3,(H3,23,24,25,26);12-13,17H,9-11,14-15H2,1-8H3,(H3,23,24,25,26);12H,7-11,14H2,1-6H3;6-7H,1-5H3;3-4H,1-2H3,(H2,11,12,13);4H,1-3H3;1H3,(H2,8,9,10);1H3,(H4,6,7,8,9,10);(H5,2,3,4);/b;13-12+;;7-6+;4-3+;;;;;/t2*17-;12-;;;;;;;/m000......./s1. The number of aromatic hydroxyl groups is 1. The molecule has 5 aromatic rings. The van der Waals surface area contributed by atoms with Crippen molar-refractivity contribution in [1.82, 2.24) is 49.8 Å². The van der Waals surface area contributed by atoms with Gasteiger partial charge in [0.05, 0.1) is 66.7 Å². The summed E-state index contributed by atoms with van der Waals surface area (Å²) >= 11 is 30.8. The SMILES string of the molecule is CC(=O)/C=C/B1OC(C)(C)C(C)(C)O1.CCCC[C@@H](CCO[Si](C)(C)C(C)(C)C)Nc1nc(N)nc(/C=C/C(C)=O)c1OC.CCCC[C@@H](CCO[Si](C)(C)C(C)(C)C)Nc1nc(N)nc(CCC(C)=O)c1OC.CCCC[C@H](N)CCO[Si](C)(C)C(C)(C)C.COC(=O)C(OC)C(=O)OC.COc1c(Cl)nc(N)nc1/C=C/C(C)=O.COc1c(Cl)nc(N)nc1Cl.COc1c(O)nc(N)[nH]c1=O.N=C(N)N.O=P(Cl)(Cl)Cl. The van der Waals surface area contributed by atoms with Crippen molar-refractivity contribution in [1.29, 1.82) is 5.41 Å². The topological polar surface area (TPSA) is 665 Å². The Labute approximate surface area is 901 Å². The first-order chi connectivity index (χ1) is 67.5. The van der Waals surface area contributed by atoms with E-state index < -0.39 is 66.8 Å². The zero-order chi connectivity index (χ0) is 115. The van der Waals surface area contributed by atoms with Crippen molar-refractivity contribution >= 4 is 200 Å². The molecule has 1 aliphatic heterocycles. The first-order valence-electron chi connectivity index (χ1n) is 47.0. The van der Waals surface area contributed by atoms with Gasteiger partial charge in [0.1, 0.15) is 17.2 Å². The molecule has 5 aromatic heterocycles. The molecule has 43 nitrogen and oxygen atoms in total. The summed E-state index contributed by atoms with van der Waals surface area (Å²) in [4.78, 5) is 114. The smallest absolute Gasteiger partial charge is 0.487 e. The van der Waals surface area contributed by atoms with E-state index in [1.54, 1.807) is 33.2 Å². The molecule has 0 spiro atoms. The fourth-order valence-corrected chi connectivity index (χ4v) is 14.8. The molecule has 0 aliphatic carbocycles. The summed E-state index contributed by atoms with van der Waals surface area (Å²) in [5.41, 5.74) is 42.8. The minimum atomic E-state index is -3.22. The number of aryl methyl sites for hydroxylation is 1. The number of ketones is 4. The predicted molar refractivity (Wildman–Crippen MR) is 600 cm³/mol. The number of nitrogens with two attached hydrogens (primary N) is 8. The third-order valence-corrected chi connectivity index (χ3v) is 37.0. The van der Waals surface area contributed by atoms with Crippen LogP contribution >= 0.6 is 73.7 Å². The minimum Gasteiger partial charge on any atom is -0.491 e. The third-order valence-electron chi connectivity index (χ3n) is 22.6. The maximum Gasteiger partial charge on any atom is 0.487 e. The maximum atomic E-state index is 11.4. The van der Waals surface area contributed by atoms with Gasteiger partial charge in [0.2, 0.25) is 35.5 Å². The summed E-state index contributed by atoms with van der Waals surface area (Å²) in [6.07, 6.45) is 19.7. The quantitative estimate of drug-likeness (QED) is 0.00252. The Morgan fingerprint density at radius 3 is 1.16 bits per heavy atom. The van der Waals surface area contributed by atoms with Gasteiger partial charge in [-0.3, -0.25) is 34.1 Å². The van der Waals surface area contributed by atoms with Crippen molar-refractivity contribution in [2.24, 2.45) is 17.2 Å². The van der Waals surface area contributed by atoms with Crippen LogP contribution in [-0.2, 0) is 76.6 Å². The van der Waals surface area contributed by atoms with Crippen LogP contribution in [0.5, 0.6) is 34.6 Å². The molecule has 1 fully saturated rings. The zero-order valence-electron chi connectivity index (χ0n) is 92.3. The van der Waals surface area contributed by atoms with E-state index in [1.807, 2.05) is 27.7 Å². The molecule has 0 saturated carbocycles. The van der Waals surface area contributed by atoms with E-state index in [1.165, 1.54) is 86.4 Å². The van der Waals surface area contributed by atoms with Gasteiger partial charge in [0.15, 0.2) is 98.4 Å². The number of hydrogen-bond acceptors (Lipinski definition) is 40. The van der Waals surface area contributed by atoms with Gasteiger partial charge in [-0.2, -0.15) is 29.9 Å². The lowest BCUT2D eigenvalue weighted by Gasteiger charge is -2.36. The van der Waals surface area contributed by atoms with Crippen LogP contribution in [0.25, 0.3) is 12.2 Å². The number of Topliss-reactive ketones (excluding diaryl/α,β-unsaturated/α-hetero) is 1. The van der Waals surface area contributed by atoms with E-state index in [2.05, 4.69) is 247 Å². The van der Waals surface area contributed by atoms with Crippen LogP contribution in [0.1, 0.15) is 239 Å². The van der Waals surface area contributed by atoms with Crippen LogP contribution < -0.4 is 85.7 Å². The van der Waals surface area contributed by atoms with Gasteiger partial charge in [-0.1, -0.05) is 162 Å². The summed E-state index contributed by atoms with van der Waals surface area (Å²) in [6.45, 7) is 56.7. The third kappa shape index (κ3) is 61.3. The number of allylic oxidation sites excluding steroid dienone is 3. The first kappa shape index (κ1) is 144. The molecule has 147 heavy (non-hydrogen) atoms.